The highest BCUT2D eigenvalue weighted by atomic mass is 19.1. The number of carbonyl (C=O) groups is 1. The standard InChI is InChI=1S/C16H11FN2O3/c17-14-4-2-1-3-13(14)15(20)9-21-12-7-5-11(6-8-12)16-19-18-10-22-16/h1-8,10H,9H2. The molecule has 0 bridgehead atoms. The van der Waals surface area contributed by atoms with E-state index < -0.39 is 11.6 Å². The van der Waals surface area contributed by atoms with Crippen LogP contribution in [0.3, 0.4) is 0 Å². The first-order chi connectivity index (χ1) is 10.7. The van der Waals surface area contributed by atoms with Crippen LogP contribution in [0.4, 0.5) is 4.39 Å². The van der Waals surface area contributed by atoms with Gasteiger partial charge in [-0.3, -0.25) is 4.79 Å². The number of hydrogen-bond acceptors (Lipinski definition) is 5. The highest BCUT2D eigenvalue weighted by molar-refractivity contribution is 5.97. The van der Waals surface area contributed by atoms with Gasteiger partial charge in [-0.05, 0) is 36.4 Å². The fourth-order valence-corrected chi connectivity index (χ4v) is 1.91. The number of aromatic nitrogens is 2. The highest BCUT2D eigenvalue weighted by Gasteiger charge is 2.11. The summed E-state index contributed by atoms with van der Waals surface area (Å²) in [7, 11) is 0. The van der Waals surface area contributed by atoms with Crippen LogP contribution in [0.25, 0.3) is 11.5 Å². The molecule has 0 aliphatic carbocycles. The average molecular weight is 298 g/mol. The van der Waals surface area contributed by atoms with Crippen molar-refractivity contribution in [3.63, 3.8) is 0 Å². The van der Waals surface area contributed by atoms with Crippen molar-refractivity contribution in [2.75, 3.05) is 6.61 Å². The van der Waals surface area contributed by atoms with Crippen LogP contribution in [0, 0.1) is 5.82 Å². The maximum Gasteiger partial charge on any atom is 0.247 e. The molecular weight excluding hydrogens is 287 g/mol. The lowest BCUT2D eigenvalue weighted by Crippen LogP contribution is -2.13. The van der Waals surface area contributed by atoms with Gasteiger partial charge >= 0.3 is 0 Å². The zero-order chi connectivity index (χ0) is 15.4. The molecule has 0 atom stereocenters. The topological polar surface area (TPSA) is 65.2 Å². The second-order valence-electron chi connectivity index (χ2n) is 4.46. The Kier molecular flexibility index (Phi) is 3.91. The molecule has 0 unspecified atom stereocenters. The third kappa shape index (κ3) is 3.01. The molecular formula is C16H11FN2O3. The SMILES string of the molecule is O=C(COc1ccc(-c2nnco2)cc1)c1ccccc1F. The molecule has 2 aromatic carbocycles. The Hall–Kier alpha value is -3.02. The van der Waals surface area contributed by atoms with Crippen LogP contribution in [-0.2, 0) is 0 Å². The Labute approximate surface area is 125 Å². The number of ketones is 1. The third-order valence-corrected chi connectivity index (χ3v) is 3.01. The molecule has 1 heterocycles. The summed E-state index contributed by atoms with van der Waals surface area (Å²) in [6.45, 7) is -0.235. The third-order valence-electron chi connectivity index (χ3n) is 3.01. The molecule has 0 amide bonds. The number of hydrogen-bond donors (Lipinski definition) is 0. The highest BCUT2D eigenvalue weighted by Crippen LogP contribution is 2.20. The fraction of sp³-hybridized carbons (Fsp3) is 0.0625. The minimum atomic E-state index is -0.553. The van der Waals surface area contributed by atoms with Crippen LogP contribution in [0.1, 0.15) is 10.4 Å². The Morgan fingerprint density at radius 3 is 2.59 bits per heavy atom. The van der Waals surface area contributed by atoms with E-state index in [0.29, 0.717) is 11.6 Å². The summed E-state index contributed by atoms with van der Waals surface area (Å²) in [5.41, 5.74) is 0.760. The predicted molar refractivity (Wildman–Crippen MR) is 76.0 cm³/mol. The monoisotopic (exact) mass is 298 g/mol. The number of ether oxygens (including phenoxy) is 1. The first kappa shape index (κ1) is 13.9. The Bertz CT molecular complexity index is 770. The van der Waals surface area contributed by atoms with Crippen molar-refractivity contribution in [2.45, 2.75) is 0 Å². The van der Waals surface area contributed by atoms with Crippen LogP contribution >= 0.6 is 0 Å². The van der Waals surface area contributed by atoms with Gasteiger partial charge in [-0.1, -0.05) is 12.1 Å². The summed E-state index contributed by atoms with van der Waals surface area (Å²) >= 11 is 0. The molecule has 22 heavy (non-hydrogen) atoms. The number of nitrogens with zero attached hydrogens (tertiary/aromatic N) is 2. The summed E-state index contributed by atoms with van der Waals surface area (Å²) in [6, 6.07) is 12.6. The van der Waals surface area contributed by atoms with Crippen molar-refractivity contribution in [3.8, 4) is 17.2 Å². The maximum atomic E-state index is 13.5. The van der Waals surface area contributed by atoms with Crippen molar-refractivity contribution in [1.82, 2.24) is 10.2 Å². The quantitative estimate of drug-likeness (QED) is 0.677. The van der Waals surface area contributed by atoms with E-state index >= 15 is 0 Å². The summed E-state index contributed by atoms with van der Waals surface area (Å²) in [6.07, 6.45) is 1.24. The van der Waals surface area contributed by atoms with E-state index in [2.05, 4.69) is 10.2 Å². The van der Waals surface area contributed by atoms with Gasteiger partial charge in [-0.2, -0.15) is 0 Å². The number of Topliss-reactive ketones (excluding diaryl/α,β-unsaturated/α-hetero) is 1. The lowest BCUT2D eigenvalue weighted by atomic mass is 10.1. The van der Waals surface area contributed by atoms with Crippen molar-refractivity contribution in [2.24, 2.45) is 0 Å². The van der Waals surface area contributed by atoms with Crippen molar-refractivity contribution in [3.05, 3.63) is 66.3 Å². The molecule has 5 nitrogen and oxygen atoms in total. The maximum absolute atomic E-state index is 13.5. The van der Waals surface area contributed by atoms with Gasteiger partial charge in [0.2, 0.25) is 18.1 Å². The summed E-state index contributed by atoms with van der Waals surface area (Å²) in [5, 5.41) is 7.38. The lowest BCUT2D eigenvalue weighted by Gasteiger charge is -2.06. The first-order valence-corrected chi connectivity index (χ1v) is 6.51. The fourth-order valence-electron chi connectivity index (χ4n) is 1.91. The second kappa shape index (κ2) is 6.17. The van der Waals surface area contributed by atoms with Crippen LogP contribution in [0.15, 0.2) is 59.3 Å². The van der Waals surface area contributed by atoms with E-state index in [9.17, 15) is 9.18 Å². The van der Waals surface area contributed by atoms with E-state index in [1.54, 1.807) is 30.3 Å². The molecule has 0 aliphatic heterocycles. The van der Waals surface area contributed by atoms with E-state index in [0.717, 1.165) is 5.56 Å². The number of halogens is 1. The zero-order valence-corrected chi connectivity index (χ0v) is 11.4. The average Bonchev–Trinajstić information content (AvgIpc) is 3.08. The predicted octanol–water partition coefficient (Wildman–Crippen LogP) is 3.14. The van der Waals surface area contributed by atoms with Crippen molar-refractivity contribution < 1.29 is 18.3 Å². The van der Waals surface area contributed by atoms with Crippen LogP contribution < -0.4 is 4.74 Å². The van der Waals surface area contributed by atoms with E-state index in [1.165, 1.54) is 24.6 Å². The van der Waals surface area contributed by atoms with Gasteiger partial charge in [0.05, 0.1) is 5.56 Å². The van der Waals surface area contributed by atoms with Crippen molar-refractivity contribution in [1.29, 1.82) is 0 Å². The van der Waals surface area contributed by atoms with E-state index in [1.807, 2.05) is 0 Å². The van der Waals surface area contributed by atoms with Crippen molar-refractivity contribution >= 4 is 5.78 Å². The molecule has 6 heteroatoms. The largest absolute Gasteiger partial charge is 0.485 e. The normalized spacial score (nSPS) is 10.4. The molecule has 0 N–H and O–H groups in total. The van der Waals surface area contributed by atoms with Gasteiger partial charge in [0, 0.05) is 5.56 Å². The summed E-state index contributed by atoms with van der Waals surface area (Å²) in [5.74, 6) is -0.0798. The van der Waals surface area contributed by atoms with Gasteiger partial charge < -0.3 is 9.15 Å². The number of benzene rings is 2. The molecule has 0 saturated heterocycles. The van der Waals surface area contributed by atoms with Crippen LogP contribution in [0.5, 0.6) is 5.75 Å². The second-order valence-corrected chi connectivity index (χ2v) is 4.46. The smallest absolute Gasteiger partial charge is 0.247 e. The Morgan fingerprint density at radius 1 is 1.14 bits per heavy atom. The van der Waals surface area contributed by atoms with E-state index in [-0.39, 0.29) is 12.2 Å². The molecule has 0 spiro atoms. The van der Waals surface area contributed by atoms with Gasteiger partial charge in [-0.25, -0.2) is 4.39 Å². The molecule has 3 aromatic rings. The van der Waals surface area contributed by atoms with Gasteiger partial charge in [-0.15, -0.1) is 10.2 Å². The molecule has 110 valence electrons. The molecule has 3 rings (SSSR count). The Morgan fingerprint density at radius 2 is 1.91 bits per heavy atom. The van der Waals surface area contributed by atoms with Crippen LogP contribution in [-0.4, -0.2) is 22.6 Å². The molecule has 0 aliphatic rings. The molecule has 0 radical (unpaired) electrons. The summed E-state index contributed by atoms with van der Waals surface area (Å²) < 4.78 is 23.9. The van der Waals surface area contributed by atoms with E-state index in [4.69, 9.17) is 9.15 Å². The minimum Gasteiger partial charge on any atom is -0.485 e. The zero-order valence-electron chi connectivity index (χ0n) is 11.4. The van der Waals surface area contributed by atoms with Gasteiger partial charge in [0.15, 0.2) is 6.61 Å². The van der Waals surface area contributed by atoms with Crippen LogP contribution in [0.2, 0.25) is 0 Å². The first-order valence-electron chi connectivity index (χ1n) is 6.51. The molecule has 1 aromatic heterocycles. The number of rotatable bonds is 5. The number of carbonyl (C=O) groups excluding carboxylic acids is 1. The minimum absolute atomic E-state index is 0.0185. The lowest BCUT2D eigenvalue weighted by molar-refractivity contribution is 0.0917. The summed E-state index contributed by atoms with van der Waals surface area (Å²) in [4.78, 5) is 11.9. The Balaban J connectivity index is 1.64. The van der Waals surface area contributed by atoms with Gasteiger partial charge in [0.25, 0.3) is 0 Å². The van der Waals surface area contributed by atoms with Gasteiger partial charge in [0.1, 0.15) is 11.6 Å². The molecule has 0 saturated carbocycles. The molecule has 0 fully saturated rings.